The lowest BCUT2D eigenvalue weighted by Crippen LogP contribution is -2.11. The monoisotopic (exact) mass is 380 g/mol. The third-order valence-corrected chi connectivity index (χ3v) is 5.41. The predicted octanol–water partition coefficient (Wildman–Crippen LogP) is 7.75. The molecule has 0 aliphatic carbocycles. The summed E-state index contributed by atoms with van der Waals surface area (Å²) in [6.45, 7) is 6.50. The number of benzene rings is 4. The molecule has 1 heterocycles. The minimum absolute atomic E-state index is 0.164. The van der Waals surface area contributed by atoms with Crippen LogP contribution in [0, 0.1) is 0 Å². The maximum atomic E-state index is 8.62. The van der Waals surface area contributed by atoms with Crippen LogP contribution in [0.3, 0.4) is 0 Å². The summed E-state index contributed by atoms with van der Waals surface area (Å²) in [6.07, 6.45) is 0. The lowest BCUT2D eigenvalue weighted by molar-refractivity contribution is 0.596. The van der Waals surface area contributed by atoms with Crippen LogP contribution in [0.2, 0.25) is 0 Å². The average molecular weight is 381 g/mol. The van der Waals surface area contributed by atoms with Gasteiger partial charge in [-0.2, -0.15) is 0 Å². The second-order valence-electron chi connectivity index (χ2n) is 8.32. The van der Waals surface area contributed by atoms with Gasteiger partial charge in [-0.25, -0.2) is 0 Å². The van der Waals surface area contributed by atoms with Gasteiger partial charge in [0.15, 0.2) is 0 Å². The van der Waals surface area contributed by atoms with E-state index in [0.29, 0.717) is 5.56 Å². The number of hydrogen-bond donors (Lipinski definition) is 0. The Kier molecular flexibility index (Phi) is 2.97. The highest BCUT2D eigenvalue weighted by Crippen LogP contribution is 2.42. The van der Waals surface area contributed by atoms with Gasteiger partial charge in [0.2, 0.25) is 0 Å². The van der Waals surface area contributed by atoms with Crippen molar-refractivity contribution in [3.05, 3.63) is 103 Å². The topological polar surface area (TPSA) is 4.93 Å². The number of fused-ring (bicyclic) bond motifs is 3. The van der Waals surface area contributed by atoms with Crippen LogP contribution in [0.1, 0.15) is 33.2 Å². The van der Waals surface area contributed by atoms with Crippen molar-refractivity contribution >= 4 is 21.8 Å². The van der Waals surface area contributed by atoms with E-state index in [1.165, 1.54) is 0 Å². The summed E-state index contributed by atoms with van der Waals surface area (Å²) in [7, 11) is 0. The van der Waals surface area contributed by atoms with Crippen molar-refractivity contribution in [2.75, 3.05) is 0 Å². The molecule has 0 N–H and O–H groups in total. The molecule has 0 unspecified atom stereocenters. The van der Waals surface area contributed by atoms with Crippen molar-refractivity contribution in [2.45, 2.75) is 26.2 Å². The zero-order valence-electron chi connectivity index (χ0n) is 21.8. The third-order valence-electron chi connectivity index (χ3n) is 5.41. The number of para-hydroxylation sites is 1. The van der Waals surface area contributed by atoms with Crippen LogP contribution < -0.4 is 0 Å². The summed E-state index contributed by atoms with van der Waals surface area (Å²) >= 11 is 0. The van der Waals surface area contributed by atoms with E-state index < -0.39 is 0 Å². The molecule has 142 valence electrons. The van der Waals surface area contributed by atoms with Gasteiger partial charge in [-0.15, -0.1) is 0 Å². The SMILES string of the molecule is [2H]c1c([2H])c([2H])c(-c2cccc3c2c2c(C(C)(C)C)cccc2n3-c2ccccc2)c([2H])c1[2H]. The first-order valence-corrected chi connectivity index (χ1v) is 9.82. The molecule has 0 fully saturated rings. The minimum Gasteiger partial charge on any atom is -0.309 e. The zero-order chi connectivity index (χ0) is 24.4. The smallest absolute Gasteiger partial charge is 0.0629 e. The van der Waals surface area contributed by atoms with E-state index in [4.69, 9.17) is 6.85 Å². The molecule has 0 spiro atoms. The molecule has 1 aromatic heterocycles. The van der Waals surface area contributed by atoms with E-state index in [9.17, 15) is 0 Å². The molecule has 4 aromatic carbocycles. The van der Waals surface area contributed by atoms with E-state index in [1.807, 2.05) is 36.4 Å². The van der Waals surface area contributed by atoms with E-state index in [2.05, 4.69) is 55.7 Å². The minimum atomic E-state index is -0.381. The Morgan fingerprint density at radius 2 is 1.34 bits per heavy atom. The molecule has 0 atom stereocenters. The first-order chi connectivity index (χ1) is 16.1. The summed E-state index contributed by atoms with van der Waals surface area (Å²) in [6, 6.07) is 20.8. The van der Waals surface area contributed by atoms with Gasteiger partial charge in [0.25, 0.3) is 0 Å². The molecule has 29 heavy (non-hydrogen) atoms. The van der Waals surface area contributed by atoms with Crippen LogP contribution in [0.15, 0.2) is 96.9 Å². The molecule has 0 amide bonds. The van der Waals surface area contributed by atoms with Gasteiger partial charge >= 0.3 is 0 Å². The zero-order valence-corrected chi connectivity index (χ0v) is 16.8. The molecule has 0 aliphatic rings. The van der Waals surface area contributed by atoms with Crippen LogP contribution in [-0.4, -0.2) is 4.57 Å². The Labute approximate surface area is 179 Å². The van der Waals surface area contributed by atoms with Crippen LogP contribution in [0.25, 0.3) is 38.6 Å². The van der Waals surface area contributed by atoms with E-state index in [-0.39, 0.29) is 41.2 Å². The number of aromatic nitrogens is 1. The highest BCUT2D eigenvalue weighted by Gasteiger charge is 2.23. The highest BCUT2D eigenvalue weighted by molar-refractivity contribution is 6.17. The molecular weight excluding hydrogens is 350 g/mol. The first-order valence-electron chi connectivity index (χ1n) is 12.3. The highest BCUT2D eigenvalue weighted by atomic mass is 15.0. The molecule has 1 nitrogen and oxygen atoms in total. The second-order valence-corrected chi connectivity index (χ2v) is 8.32. The van der Waals surface area contributed by atoms with Crippen LogP contribution >= 0.6 is 0 Å². The fourth-order valence-corrected chi connectivity index (χ4v) is 4.18. The normalized spacial score (nSPS) is 14.4. The van der Waals surface area contributed by atoms with Crippen molar-refractivity contribution < 1.29 is 6.85 Å². The van der Waals surface area contributed by atoms with Gasteiger partial charge in [-0.1, -0.05) is 93.4 Å². The van der Waals surface area contributed by atoms with Crippen molar-refractivity contribution in [1.29, 1.82) is 0 Å². The summed E-state index contributed by atoms with van der Waals surface area (Å²) in [5, 5.41) is 1.93. The Balaban J connectivity index is 2.05. The van der Waals surface area contributed by atoms with E-state index in [1.54, 1.807) is 0 Å². The predicted molar refractivity (Wildman–Crippen MR) is 125 cm³/mol. The largest absolute Gasteiger partial charge is 0.309 e. The number of hydrogen-bond acceptors (Lipinski definition) is 0. The molecule has 0 aliphatic heterocycles. The lowest BCUT2D eigenvalue weighted by Gasteiger charge is -2.21. The maximum Gasteiger partial charge on any atom is 0.0629 e. The standard InChI is InChI=1S/C28H25N/c1-28(2,3)23-17-11-19-25-27(23)26-22(20-12-6-4-7-13-20)16-10-18-24(26)29(25)21-14-8-5-9-15-21/h4-19H,1-3H3/i4D,6D,7D,12D,13D. The van der Waals surface area contributed by atoms with Crippen molar-refractivity contribution in [3.63, 3.8) is 0 Å². The van der Waals surface area contributed by atoms with Crippen molar-refractivity contribution in [1.82, 2.24) is 4.57 Å². The fraction of sp³-hybridized carbons (Fsp3) is 0.143. The third kappa shape index (κ3) is 2.86. The summed E-state index contributed by atoms with van der Waals surface area (Å²) in [4.78, 5) is 0. The Hall–Kier alpha value is -3.32. The average Bonchev–Trinajstić information content (AvgIpc) is 3.16. The van der Waals surface area contributed by atoms with Crippen molar-refractivity contribution in [2.24, 2.45) is 0 Å². The van der Waals surface area contributed by atoms with Gasteiger partial charge in [-0.3, -0.25) is 0 Å². The second kappa shape index (κ2) is 6.63. The first kappa shape index (κ1) is 13.0. The summed E-state index contributed by atoms with van der Waals surface area (Å²) in [5.41, 5.74) is 4.81. The van der Waals surface area contributed by atoms with Gasteiger partial charge < -0.3 is 4.57 Å². The van der Waals surface area contributed by atoms with E-state index >= 15 is 0 Å². The van der Waals surface area contributed by atoms with Gasteiger partial charge in [0, 0.05) is 16.5 Å². The van der Waals surface area contributed by atoms with Crippen LogP contribution in [-0.2, 0) is 5.41 Å². The van der Waals surface area contributed by atoms with Gasteiger partial charge in [-0.05, 0) is 46.4 Å². The van der Waals surface area contributed by atoms with E-state index in [0.717, 1.165) is 33.1 Å². The maximum absolute atomic E-state index is 8.62. The molecule has 0 radical (unpaired) electrons. The summed E-state index contributed by atoms with van der Waals surface area (Å²) < 4.78 is 43.9. The van der Waals surface area contributed by atoms with Crippen LogP contribution in [0.4, 0.5) is 0 Å². The Morgan fingerprint density at radius 1 is 0.690 bits per heavy atom. The molecule has 0 bridgehead atoms. The van der Waals surface area contributed by atoms with Gasteiger partial charge in [0.05, 0.1) is 17.9 Å². The molecule has 1 heteroatoms. The Morgan fingerprint density at radius 3 is 2.03 bits per heavy atom. The van der Waals surface area contributed by atoms with Crippen LogP contribution in [0.5, 0.6) is 0 Å². The number of nitrogens with zero attached hydrogens (tertiary/aromatic N) is 1. The van der Waals surface area contributed by atoms with Gasteiger partial charge in [0.1, 0.15) is 0 Å². The quantitative estimate of drug-likeness (QED) is 0.295. The molecule has 5 rings (SSSR count). The van der Waals surface area contributed by atoms with Crippen molar-refractivity contribution in [3.8, 4) is 16.8 Å². The number of rotatable bonds is 2. The Bertz CT molecular complexity index is 1550. The molecular formula is C28H25N. The molecule has 0 saturated carbocycles. The molecule has 5 aromatic rings. The fourth-order valence-electron chi connectivity index (χ4n) is 4.18. The lowest BCUT2D eigenvalue weighted by atomic mass is 9.83. The summed E-state index contributed by atoms with van der Waals surface area (Å²) in [5.74, 6) is 0. The molecule has 0 saturated heterocycles.